The number of amides is 1. The highest BCUT2D eigenvalue weighted by molar-refractivity contribution is 5.65. The van der Waals surface area contributed by atoms with Gasteiger partial charge in [0.05, 0.1) is 25.9 Å². The summed E-state index contributed by atoms with van der Waals surface area (Å²) in [7, 11) is 0. The third kappa shape index (κ3) is 1.49. The molecule has 2 aliphatic rings. The molecule has 0 spiro atoms. The molecule has 2 fully saturated rings. The topological polar surface area (TPSA) is 78.8 Å². The summed E-state index contributed by atoms with van der Waals surface area (Å²) in [5, 5.41) is 19.8. The molecule has 5 heteroatoms. The van der Waals surface area contributed by atoms with Crippen LogP contribution in [0.15, 0.2) is 0 Å². The van der Waals surface area contributed by atoms with Crippen molar-refractivity contribution >= 4 is 6.09 Å². The van der Waals surface area contributed by atoms with Crippen molar-refractivity contribution in [3.8, 4) is 0 Å². The molecule has 1 amide bonds. The molecule has 1 aliphatic heterocycles. The number of carboxylic acid groups (broad SMARTS) is 1. The molecule has 0 bridgehead atoms. The molecule has 0 aromatic rings. The lowest BCUT2D eigenvalue weighted by molar-refractivity contribution is 0.126. The zero-order valence-corrected chi connectivity index (χ0v) is 7.14. The van der Waals surface area contributed by atoms with Crippen LogP contribution in [-0.4, -0.2) is 42.2 Å². The van der Waals surface area contributed by atoms with E-state index in [2.05, 4.69) is 5.32 Å². The zero-order chi connectivity index (χ0) is 9.42. The maximum absolute atomic E-state index is 10.4. The fourth-order valence-corrected chi connectivity index (χ4v) is 2.30. The average Bonchev–Trinajstić information content (AvgIpc) is 2.58. The summed E-state index contributed by atoms with van der Waals surface area (Å²) in [6.45, 7) is 1.31. The molecular weight excluding hydrogens is 174 g/mol. The Morgan fingerprint density at radius 1 is 1.54 bits per heavy atom. The largest absolute Gasteiger partial charge is 0.465 e. The SMILES string of the molecule is O=C(O)NC(CO)C1[C@H]2COC[C@@H]12. The summed E-state index contributed by atoms with van der Waals surface area (Å²) in [6, 6.07) is -0.309. The van der Waals surface area contributed by atoms with Gasteiger partial charge >= 0.3 is 6.09 Å². The van der Waals surface area contributed by atoms with E-state index in [0.717, 1.165) is 0 Å². The van der Waals surface area contributed by atoms with E-state index in [4.69, 9.17) is 14.9 Å². The Kier molecular flexibility index (Phi) is 2.13. The molecule has 74 valence electrons. The van der Waals surface area contributed by atoms with Crippen molar-refractivity contribution < 1.29 is 19.7 Å². The number of rotatable bonds is 3. The molecule has 1 saturated heterocycles. The molecule has 1 heterocycles. The van der Waals surface area contributed by atoms with E-state index in [1.165, 1.54) is 0 Å². The van der Waals surface area contributed by atoms with Crippen molar-refractivity contribution in [3.63, 3.8) is 0 Å². The van der Waals surface area contributed by atoms with Crippen LogP contribution in [0.2, 0.25) is 0 Å². The van der Waals surface area contributed by atoms with Crippen molar-refractivity contribution in [1.29, 1.82) is 0 Å². The van der Waals surface area contributed by atoms with Crippen molar-refractivity contribution in [2.75, 3.05) is 19.8 Å². The van der Waals surface area contributed by atoms with Crippen molar-refractivity contribution in [2.24, 2.45) is 17.8 Å². The van der Waals surface area contributed by atoms with Crippen LogP contribution in [0.25, 0.3) is 0 Å². The Bertz CT molecular complexity index is 210. The van der Waals surface area contributed by atoms with Gasteiger partial charge in [0.25, 0.3) is 0 Å². The summed E-state index contributed by atoms with van der Waals surface area (Å²) >= 11 is 0. The number of aliphatic hydroxyl groups is 1. The Labute approximate surface area is 75.7 Å². The minimum Gasteiger partial charge on any atom is -0.465 e. The van der Waals surface area contributed by atoms with Gasteiger partial charge in [0, 0.05) is 0 Å². The van der Waals surface area contributed by atoms with Crippen molar-refractivity contribution in [2.45, 2.75) is 6.04 Å². The Balaban J connectivity index is 1.88. The van der Waals surface area contributed by atoms with E-state index in [1.54, 1.807) is 0 Å². The second kappa shape index (κ2) is 3.16. The van der Waals surface area contributed by atoms with E-state index in [1.807, 2.05) is 0 Å². The first-order valence-corrected chi connectivity index (χ1v) is 4.42. The summed E-state index contributed by atoms with van der Waals surface area (Å²) in [5.74, 6) is 1.21. The van der Waals surface area contributed by atoms with Crippen molar-refractivity contribution in [3.05, 3.63) is 0 Å². The normalized spacial score (nSPS) is 38.1. The van der Waals surface area contributed by atoms with E-state index in [0.29, 0.717) is 25.0 Å². The quantitative estimate of drug-likeness (QED) is 0.557. The molecule has 3 N–H and O–H groups in total. The first kappa shape index (κ1) is 8.77. The molecule has 0 aromatic heterocycles. The highest BCUT2D eigenvalue weighted by Gasteiger charge is 2.57. The number of aliphatic hydroxyl groups excluding tert-OH is 1. The van der Waals surface area contributed by atoms with Gasteiger partial charge in [0.1, 0.15) is 0 Å². The summed E-state index contributed by atoms with van der Waals surface area (Å²) < 4.78 is 5.18. The highest BCUT2D eigenvalue weighted by Crippen LogP contribution is 2.52. The van der Waals surface area contributed by atoms with Crippen LogP contribution in [0.5, 0.6) is 0 Å². The van der Waals surface area contributed by atoms with Gasteiger partial charge in [-0.1, -0.05) is 0 Å². The molecule has 13 heavy (non-hydrogen) atoms. The molecule has 2 unspecified atom stereocenters. The van der Waals surface area contributed by atoms with E-state index < -0.39 is 6.09 Å². The summed E-state index contributed by atoms with van der Waals surface area (Å²) in [4.78, 5) is 10.4. The van der Waals surface area contributed by atoms with Crippen LogP contribution in [-0.2, 0) is 4.74 Å². The first-order valence-electron chi connectivity index (χ1n) is 4.42. The third-order valence-electron chi connectivity index (χ3n) is 2.99. The standard InChI is InChI=1S/C8H13NO4/c10-1-6(9-8(11)12)7-4-2-13-3-5(4)7/h4-7,9-10H,1-3H2,(H,11,12)/t4-,5+,6?,7?. The Morgan fingerprint density at radius 2 is 2.15 bits per heavy atom. The second-order valence-corrected chi connectivity index (χ2v) is 3.68. The number of ether oxygens (including phenoxy) is 1. The van der Waals surface area contributed by atoms with Gasteiger partial charge in [-0.3, -0.25) is 0 Å². The lowest BCUT2D eigenvalue weighted by atomic mass is 10.1. The number of nitrogens with one attached hydrogen (secondary N) is 1. The lowest BCUT2D eigenvalue weighted by Crippen LogP contribution is -2.39. The van der Waals surface area contributed by atoms with Crippen LogP contribution in [0.3, 0.4) is 0 Å². The van der Waals surface area contributed by atoms with Crippen LogP contribution < -0.4 is 5.32 Å². The average molecular weight is 187 g/mol. The monoisotopic (exact) mass is 187 g/mol. The minimum atomic E-state index is -1.06. The molecule has 1 saturated carbocycles. The second-order valence-electron chi connectivity index (χ2n) is 3.68. The van der Waals surface area contributed by atoms with Gasteiger partial charge in [-0.2, -0.15) is 0 Å². The van der Waals surface area contributed by atoms with Crippen LogP contribution in [0.1, 0.15) is 0 Å². The maximum atomic E-state index is 10.4. The molecule has 0 radical (unpaired) electrons. The predicted octanol–water partition coefficient (Wildman–Crippen LogP) is -0.493. The number of hydrogen-bond donors (Lipinski definition) is 3. The summed E-state index contributed by atoms with van der Waals surface area (Å²) in [6.07, 6.45) is -1.06. The number of hydrogen-bond acceptors (Lipinski definition) is 3. The molecule has 0 aromatic carbocycles. The Morgan fingerprint density at radius 3 is 2.62 bits per heavy atom. The maximum Gasteiger partial charge on any atom is 0.404 e. The molecule has 1 aliphatic carbocycles. The van der Waals surface area contributed by atoms with Gasteiger partial charge in [-0.25, -0.2) is 4.79 Å². The van der Waals surface area contributed by atoms with Crippen LogP contribution in [0.4, 0.5) is 4.79 Å². The zero-order valence-electron chi connectivity index (χ0n) is 7.14. The van der Waals surface area contributed by atoms with Gasteiger partial charge in [0.2, 0.25) is 0 Å². The van der Waals surface area contributed by atoms with E-state index >= 15 is 0 Å². The minimum absolute atomic E-state index is 0.121. The predicted molar refractivity (Wildman–Crippen MR) is 43.3 cm³/mol. The van der Waals surface area contributed by atoms with Crippen LogP contribution >= 0.6 is 0 Å². The van der Waals surface area contributed by atoms with E-state index in [9.17, 15) is 4.79 Å². The Hall–Kier alpha value is -0.810. The van der Waals surface area contributed by atoms with Gasteiger partial charge in [0.15, 0.2) is 0 Å². The van der Waals surface area contributed by atoms with Gasteiger partial charge in [-0.05, 0) is 17.8 Å². The first-order chi connectivity index (χ1) is 6.24. The van der Waals surface area contributed by atoms with Crippen molar-refractivity contribution in [1.82, 2.24) is 5.32 Å². The van der Waals surface area contributed by atoms with E-state index in [-0.39, 0.29) is 18.6 Å². The smallest absolute Gasteiger partial charge is 0.404 e. The summed E-state index contributed by atoms with van der Waals surface area (Å²) in [5.41, 5.74) is 0. The number of carbonyl (C=O) groups is 1. The lowest BCUT2D eigenvalue weighted by Gasteiger charge is -2.15. The van der Waals surface area contributed by atoms with Gasteiger partial charge < -0.3 is 20.3 Å². The van der Waals surface area contributed by atoms with Gasteiger partial charge in [-0.15, -0.1) is 0 Å². The van der Waals surface area contributed by atoms with Crippen LogP contribution in [0, 0.1) is 17.8 Å². The highest BCUT2D eigenvalue weighted by atomic mass is 16.5. The number of fused-ring (bicyclic) bond motifs is 1. The molecule has 5 nitrogen and oxygen atoms in total. The third-order valence-corrected chi connectivity index (χ3v) is 2.99. The fourth-order valence-electron chi connectivity index (χ4n) is 2.30. The fraction of sp³-hybridized carbons (Fsp3) is 0.875. The molecule has 4 atom stereocenters. The molecule has 2 rings (SSSR count). The molecular formula is C8H13NO4.